The second kappa shape index (κ2) is 11.3. The van der Waals surface area contributed by atoms with Gasteiger partial charge < -0.3 is 4.90 Å². The van der Waals surface area contributed by atoms with Crippen LogP contribution in [-0.4, -0.2) is 57.9 Å². The number of rotatable bonds is 8. The van der Waals surface area contributed by atoms with Gasteiger partial charge in [-0.1, -0.05) is 41.1 Å². The molecule has 0 atom stereocenters. The van der Waals surface area contributed by atoms with E-state index in [9.17, 15) is 13.2 Å². The number of carbonyl (C=O) groups excluding carboxylic acids is 1. The van der Waals surface area contributed by atoms with Crippen molar-refractivity contribution >= 4 is 59.9 Å². The fraction of sp³-hybridized carbons (Fsp3) is 0.310. The number of sulfonamides is 1. The third-order valence-corrected chi connectivity index (χ3v) is 9.93. The molecule has 39 heavy (non-hydrogen) atoms. The molecule has 3 aromatic carbocycles. The summed E-state index contributed by atoms with van der Waals surface area (Å²) in [6.07, 6.45) is 2.38. The van der Waals surface area contributed by atoms with Gasteiger partial charge in [0.2, 0.25) is 0 Å². The van der Waals surface area contributed by atoms with E-state index >= 15 is 0 Å². The first-order valence-electron chi connectivity index (χ1n) is 12.9. The average molecular weight is 583 g/mol. The molecule has 2 heterocycles. The molecular formula is C29H31ClN4O3S2. The molecule has 0 radical (unpaired) electrons. The van der Waals surface area contributed by atoms with Crippen molar-refractivity contribution in [2.24, 2.45) is 0 Å². The van der Waals surface area contributed by atoms with Crippen LogP contribution in [0, 0.1) is 6.92 Å². The summed E-state index contributed by atoms with van der Waals surface area (Å²) in [4.78, 5) is 22.5. The van der Waals surface area contributed by atoms with Gasteiger partial charge in [-0.25, -0.2) is 13.4 Å². The monoisotopic (exact) mass is 582 g/mol. The Bertz CT molecular complexity index is 1620. The van der Waals surface area contributed by atoms with E-state index in [1.54, 1.807) is 17.0 Å². The van der Waals surface area contributed by atoms with Gasteiger partial charge in [-0.3, -0.25) is 14.0 Å². The molecule has 0 saturated heterocycles. The number of anilines is 2. The summed E-state index contributed by atoms with van der Waals surface area (Å²) in [6, 6.07) is 17.6. The number of nitrogens with zero attached hydrogens (tertiary/aromatic N) is 4. The van der Waals surface area contributed by atoms with Crippen LogP contribution >= 0.6 is 22.9 Å². The van der Waals surface area contributed by atoms with Gasteiger partial charge in [0.05, 0.1) is 20.8 Å². The Hall–Kier alpha value is -2.98. The largest absolute Gasteiger partial charge is 0.309 e. The molecule has 0 aliphatic carbocycles. The van der Waals surface area contributed by atoms with Crippen molar-refractivity contribution in [1.29, 1.82) is 0 Å². The van der Waals surface area contributed by atoms with E-state index < -0.39 is 10.0 Å². The Morgan fingerprint density at radius 2 is 1.82 bits per heavy atom. The van der Waals surface area contributed by atoms with Crippen LogP contribution in [0.2, 0.25) is 5.02 Å². The average Bonchev–Trinajstić information content (AvgIpc) is 3.34. The second-order valence-electron chi connectivity index (χ2n) is 10.0. The smallest absolute Gasteiger partial charge is 0.264 e. The van der Waals surface area contributed by atoms with E-state index in [1.165, 1.54) is 27.8 Å². The van der Waals surface area contributed by atoms with Crippen LogP contribution in [0.15, 0.2) is 65.6 Å². The van der Waals surface area contributed by atoms with Gasteiger partial charge in [-0.2, -0.15) is 0 Å². The molecule has 1 aliphatic heterocycles. The van der Waals surface area contributed by atoms with Gasteiger partial charge in [0.25, 0.3) is 15.9 Å². The second-order valence-corrected chi connectivity index (χ2v) is 13.3. The number of benzene rings is 3. The molecule has 0 spiro atoms. The molecule has 1 aliphatic rings. The lowest BCUT2D eigenvalue weighted by Gasteiger charge is -2.30. The fourth-order valence-corrected chi connectivity index (χ4v) is 7.87. The first kappa shape index (κ1) is 27.6. The van der Waals surface area contributed by atoms with Crippen LogP contribution in [0.4, 0.5) is 10.8 Å². The fourth-order valence-electron chi connectivity index (χ4n) is 4.89. The van der Waals surface area contributed by atoms with Gasteiger partial charge >= 0.3 is 0 Å². The van der Waals surface area contributed by atoms with E-state index in [4.69, 9.17) is 16.6 Å². The number of halogens is 1. The number of hydrogen-bond acceptors (Lipinski definition) is 6. The van der Waals surface area contributed by atoms with E-state index in [-0.39, 0.29) is 10.8 Å². The molecule has 1 aromatic heterocycles. The molecule has 4 aromatic rings. The first-order chi connectivity index (χ1) is 18.6. The molecule has 0 unspecified atom stereocenters. The highest BCUT2D eigenvalue weighted by Gasteiger charge is 2.29. The van der Waals surface area contributed by atoms with Crippen molar-refractivity contribution in [2.75, 3.05) is 42.9 Å². The minimum absolute atomic E-state index is 0.167. The standard InChI is InChI=1S/C29H31ClN4O3S2/c1-20-18-23(30)19-26-27(20)31-29(38-26)33(16-7-15-32(2)3)28(35)22-11-13-24(14-12-22)39(36,37)34-17-6-9-21-8-4-5-10-25(21)34/h4-5,8,10-14,18-19H,6-7,9,15-17H2,1-3H3. The minimum Gasteiger partial charge on any atom is -0.309 e. The molecule has 0 saturated carbocycles. The predicted octanol–water partition coefficient (Wildman–Crippen LogP) is 6.00. The predicted molar refractivity (Wildman–Crippen MR) is 160 cm³/mol. The first-order valence-corrected chi connectivity index (χ1v) is 15.5. The number of aryl methyl sites for hydroxylation is 2. The van der Waals surface area contributed by atoms with Crippen LogP contribution in [0.1, 0.15) is 34.3 Å². The SMILES string of the molecule is Cc1cc(Cl)cc2sc(N(CCCN(C)C)C(=O)c3ccc(S(=O)(=O)N4CCCc5ccccc54)cc3)nc12. The van der Waals surface area contributed by atoms with Gasteiger partial charge in [0, 0.05) is 23.7 Å². The van der Waals surface area contributed by atoms with E-state index in [2.05, 4.69) is 4.90 Å². The number of carbonyl (C=O) groups is 1. The molecule has 10 heteroatoms. The third-order valence-electron chi connectivity index (χ3n) is 6.86. The highest BCUT2D eigenvalue weighted by atomic mass is 35.5. The lowest BCUT2D eigenvalue weighted by atomic mass is 10.0. The molecule has 0 N–H and O–H groups in total. The Balaban J connectivity index is 1.44. The summed E-state index contributed by atoms with van der Waals surface area (Å²) >= 11 is 7.69. The third kappa shape index (κ3) is 5.68. The highest BCUT2D eigenvalue weighted by molar-refractivity contribution is 7.92. The number of aromatic nitrogens is 1. The van der Waals surface area contributed by atoms with Crippen LogP contribution < -0.4 is 9.21 Å². The lowest BCUT2D eigenvalue weighted by Crippen LogP contribution is -2.35. The summed E-state index contributed by atoms with van der Waals surface area (Å²) < 4.78 is 29.5. The maximum atomic E-state index is 13.8. The topological polar surface area (TPSA) is 73.8 Å². The molecule has 5 rings (SSSR count). The van der Waals surface area contributed by atoms with Crippen molar-refractivity contribution in [3.63, 3.8) is 0 Å². The summed E-state index contributed by atoms with van der Waals surface area (Å²) in [5.41, 5.74) is 3.94. The Morgan fingerprint density at radius 1 is 1.08 bits per heavy atom. The van der Waals surface area contributed by atoms with Crippen molar-refractivity contribution < 1.29 is 13.2 Å². The quantitative estimate of drug-likeness (QED) is 0.255. The van der Waals surface area contributed by atoms with E-state index in [0.29, 0.717) is 28.8 Å². The Labute approximate surface area is 238 Å². The summed E-state index contributed by atoms with van der Waals surface area (Å²) in [7, 11) is 0.230. The molecular weight excluding hydrogens is 552 g/mol. The number of hydrogen-bond donors (Lipinski definition) is 0. The molecule has 7 nitrogen and oxygen atoms in total. The number of thiazole rings is 1. The zero-order valence-electron chi connectivity index (χ0n) is 22.2. The number of fused-ring (bicyclic) bond motifs is 2. The Morgan fingerprint density at radius 3 is 2.56 bits per heavy atom. The summed E-state index contributed by atoms with van der Waals surface area (Å²) in [5, 5.41) is 1.23. The van der Waals surface area contributed by atoms with Crippen molar-refractivity contribution in [1.82, 2.24) is 9.88 Å². The Kier molecular flexibility index (Phi) is 7.96. The zero-order valence-corrected chi connectivity index (χ0v) is 24.6. The van der Waals surface area contributed by atoms with Gasteiger partial charge in [-0.15, -0.1) is 0 Å². The molecule has 0 fully saturated rings. The van der Waals surface area contributed by atoms with Crippen LogP contribution in [-0.2, 0) is 16.4 Å². The van der Waals surface area contributed by atoms with E-state index in [0.717, 1.165) is 52.8 Å². The molecule has 204 valence electrons. The minimum atomic E-state index is -3.76. The van der Waals surface area contributed by atoms with Gasteiger partial charge in [0.1, 0.15) is 0 Å². The number of amides is 1. The van der Waals surface area contributed by atoms with E-state index in [1.807, 2.05) is 57.4 Å². The van der Waals surface area contributed by atoms with Gasteiger partial charge in [-0.05, 0) is 100 Å². The van der Waals surface area contributed by atoms with Crippen LogP contribution in [0.5, 0.6) is 0 Å². The normalized spacial score (nSPS) is 13.6. The molecule has 1 amide bonds. The lowest BCUT2D eigenvalue weighted by molar-refractivity contribution is 0.0986. The summed E-state index contributed by atoms with van der Waals surface area (Å²) in [6.45, 7) is 3.68. The summed E-state index contributed by atoms with van der Waals surface area (Å²) in [5.74, 6) is -0.219. The van der Waals surface area contributed by atoms with Crippen LogP contribution in [0.25, 0.3) is 10.2 Å². The zero-order chi connectivity index (χ0) is 27.7. The van der Waals surface area contributed by atoms with Crippen molar-refractivity contribution in [3.05, 3.63) is 82.4 Å². The van der Waals surface area contributed by atoms with Crippen LogP contribution in [0.3, 0.4) is 0 Å². The van der Waals surface area contributed by atoms with Crippen molar-refractivity contribution in [2.45, 2.75) is 31.1 Å². The van der Waals surface area contributed by atoms with Gasteiger partial charge in [0.15, 0.2) is 5.13 Å². The number of para-hydroxylation sites is 1. The highest BCUT2D eigenvalue weighted by Crippen LogP contribution is 2.35. The van der Waals surface area contributed by atoms with Crippen molar-refractivity contribution in [3.8, 4) is 0 Å². The molecule has 0 bridgehead atoms. The maximum absolute atomic E-state index is 13.8. The maximum Gasteiger partial charge on any atom is 0.264 e.